The van der Waals surface area contributed by atoms with Crippen LogP contribution in [0.3, 0.4) is 0 Å². The van der Waals surface area contributed by atoms with Crippen LogP contribution in [0.15, 0.2) is 30.3 Å². The summed E-state index contributed by atoms with van der Waals surface area (Å²) in [5.41, 5.74) is 0.893. The normalized spacial score (nSPS) is 14.1. The number of benzene rings is 1. The van der Waals surface area contributed by atoms with Gasteiger partial charge in [-0.05, 0) is 25.3 Å². The van der Waals surface area contributed by atoms with Gasteiger partial charge >= 0.3 is 5.97 Å². The number of ether oxygens (including phenoxy) is 1. The van der Waals surface area contributed by atoms with Gasteiger partial charge in [-0.25, -0.2) is 0 Å². The number of methoxy groups -OCH3 is 1. The van der Waals surface area contributed by atoms with Gasteiger partial charge < -0.3 is 9.84 Å². The molecule has 1 rings (SSSR count). The van der Waals surface area contributed by atoms with Crippen molar-refractivity contribution >= 4 is 5.97 Å². The molecule has 0 saturated heterocycles. The van der Waals surface area contributed by atoms with E-state index in [0.29, 0.717) is 6.42 Å². The van der Waals surface area contributed by atoms with Gasteiger partial charge in [-0.2, -0.15) is 0 Å². The van der Waals surface area contributed by atoms with Gasteiger partial charge in [-0.15, -0.1) is 0 Å². The van der Waals surface area contributed by atoms with Gasteiger partial charge in [0.15, 0.2) is 0 Å². The van der Waals surface area contributed by atoms with E-state index in [1.807, 2.05) is 37.3 Å². The third-order valence-electron chi connectivity index (χ3n) is 3.26. The van der Waals surface area contributed by atoms with Crippen molar-refractivity contribution in [3.8, 4) is 0 Å². The van der Waals surface area contributed by atoms with Crippen molar-refractivity contribution < 1.29 is 14.6 Å². The highest BCUT2D eigenvalue weighted by Crippen LogP contribution is 2.23. The zero-order chi connectivity index (χ0) is 13.4. The molecule has 0 amide bonds. The largest absolute Gasteiger partial charge is 0.481 e. The van der Waals surface area contributed by atoms with Crippen LogP contribution in [0.5, 0.6) is 0 Å². The van der Waals surface area contributed by atoms with Crippen LogP contribution in [0.25, 0.3) is 0 Å². The Kier molecular flexibility index (Phi) is 6.44. The fourth-order valence-corrected chi connectivity index (χ4v) is 2.02. The lowest BCUT2D eigenvalue weighted by atomic mass is 9.93. The average molecular weight is 250 g/mol. The van der Waals surface area contributed by atoms with Crippen molar-refractivity contribution in [1.29, 1.82) is 0 Å². The first-order valence-electron chi connectivity index (χ1n) is 6.45. The average Bonchev–Trinajstić information content (AvgIpc) is 2.38. The number of carboxylic acids is 1. The Balaban J connectivity index is 2.43. The molecule has 0 aromatic heterocycles. The highest BCUT2D eigenvalue weighted by Gasteiger charge is 2.18. The molecule has 1 aromatic carbocycles. The molecule has 3 nitrogen and oxygen atoms in total. The van der Waals surface area contributed by atoms with Gasteiger partial charge in [0.05, 0.1) is 12.0 Å². The zero-order valence-corrected chi connectivity index (χ0v) is 11.1. The van der Waals surface area contributed by atoms with Crippen molar-refractivity contribution in [1.82, 2.24) is 0 Å². The standard InChI is InChI=1S/C15H22O3/c1-12(18-2)8-6-7-11-14(15(16)17)13-9-4-3-5-10-13/h3-5,9-10,12,14H,6-8,11H2,1-2H3,(H,16,17). The summed E-state index contributed by atoms with van der Waals surface area (Å²) in [4.78, 5) is 11.3. The maximum atomic E-state index is 11.3. The molecule has 18 heavy (non-hydrogen) atoms. The Labute approximate surface area is 109 Å². The minimum Gasteiger partial charge on any atom is -0.481 e. The second kappa shape index (κ2) is 7.88. The molecule has 100 valence electrons. The molecule has 0 fully saturated rings. The maximum absolute atomic E-state index is 11.3. The summed E-state index contributed by atoms with van der Waals surface area (Å²) in [6.07, 6.45) is 3.85. The Morgan fingerprint density at radius 3 is 2.39 bits per heavy atom. The van der Waals surface area contributed by atoms with Crippen LogP contribution >= 0.6 is 0 Å². The first-order valence-corrected chi connectivity index (χ1v) is 6.45. The molecule has 2 unspecified atom stereocenters. The fraction of sp³-hybridized carbons (Fsp3) is 0.533. The van der Waals surface area contributed by atoms with Gasteiger partial charge in [0.1, 0.15) is 0 Å². The number of hydrogen-bond acceptors (Lipinski definition) is 2. The maximum Gasteiger partial charge on any atom is 0.310 e. The molecular weight excluding hydrogens is 228 g/mol. The van der Waals surface area contributed by atoms with Gasteiger partial charge in [0.2, 0.25) is 0 Å². The van der Waals surface area contributed by atoms with E-state index in [4.69, 9.17) is 4.74 Å². The van der Waals surface area contributed by atoms with E-state index < -0.39 is 5.97 Å². The molecule has 0 radical (unpaired) electrons. The van der Waals surface area contributed by atoms with E-state index in [9.17, 15) is 9.90 Å². The second-order valence-corrected chi connectivity index (χ2v) is 4.63. The lowest BCUT2D eigenvalue weighted by molar-refractivity contribution is -0.139. The molecular formula is C15H22O3. The topological polar surface area (TPSA) is 46.5 Å². The first-order chi connectivity index (χ1) is 8.65. The Morgan fingerprint density at radius 1 is 1.22 bits per heavy atom. The molecule has 0 aliphatic heterocycles. The van der Waals surface area contributed by atoms with Crippen molar-refractivity contribution in [2.24, 2.45) is 0 Å². The number of carbonyl (C=O) groups is 1. The van der Waals surface area contributed by atoms with Crippen molar-refractivity contribution in [2.75, 3.05) is 7.11 Å². The second-order valence-electron chi connectivity index (χ2n) is 4.63. The van der Waals surface area contributed by atoms with Crippen LogP contribution < -0.4 is 0 Å². The minimum atomic E-state index is -0.735. The van der Waals surface area contributed by atoms with E-state index in [2.05, 4.69) is 0 Å². The number of hydrogen-bond donors (Lipinski definition) is 1. The minimum absolute atomic E-state index is 0.255. The summed E-state index contributed by atoms with van der Waals surface area (Å²) in [6.45, 7) is 2.03. The van der Waals surface area contributed by atoms with E-state index in [1.54, 1.807) is 7.11 Å². The Bertz CT molecular complexity index is 348. The van der Waals surface area contributed by atoms with Crippen LogP contribution in [-0.2, 0) is 9.53 Å². The number of carboxylic acid groups (broad SMARTS) is 1. The third kappa shape index (κ3) is 4.88. The van der Waals surface area contributed by atoms with Gasteiger partial charge in [0.25, 0.3) is 0 Å². The van der Waals surface area contributed by atoms with E-state index in [-0.39, 0.29) is 12.0 Å². The molecule has 0 saturated carbocycles. The predicted octanol–water partition coefficient (Wildman–Crippen LogP) is 3.45. The summed E-state index contributed by atoms with van der Waals surface area (Å²) in [7, 11) is 1.70. The fourth-order valence-electron chi connectivity index (χ4n) is 2.02. The number of aliphatic carboxylic acids is 1. The van der Waals surface area contributed by atoms with Crippen molar-refractivity contribution in [2.45, 2.75) is 44.6 Å². The summed E-state index contributed by atoms with van der Waals surface area (Å²) in [5, 5.41) is 9.26. The monoisotopic (exact) mass is 250 g/mol. The molecule has 0 spiro atoms. The lowest BCUT2D eigenvalue weighted by Crippen LogP contribution is -2.12. The summed E-state index contributed by atoms with van der Waals surface area (Å²) < 4.78 is 5.17. The number of unbranched alkanes of at least 4 members (excludes halogenated alkanes) is 1. The Hall–Kier alpha value is -1.35. The Morgan fingerprint density at radius 2 is 1.83 bits per heavy atom. The molecule has 0 heterocycles. The van der Waals surface area contributed by atoms with E-state index in [0.717, 1.165) is 24.8 Å². The predicted molar refractivity (Wildman–Crippen MR) is 71.8 cm³/mol. The zero-order valence-electron chi connectivity index (χ0n) is 11.1. The molecule has 2 atom stereocenters. The number of rotatable bonds is 8. The van der Waals surface area contributed by atoms with E-state index in [1.165, 1.54) is 0 Å². The highest BCUT2D eigenvalue weighted by atomic mass is 16.5. The van der Waals surface area contributed by atoms with Crippen LogP contribution in [-0.4, -0.2) is 24.3 Å². The van der Waals surface area contributed by atoms with Gasteiger partial charge in [-0.1, -0.05) is 43.2 Å². The quantitative estimate of drug-likeness (QED) is 0.719. The SMILES string of the molecule is COC(C)CCCCC(C(=O)O)c1ccccc1. The van der Waals surface area contributed by atoms with Crippen LogP contribution in [0.1, 0.15) is 44.1 Å². The highest BCUT2D eigenvalue weighted by molar-refractivity contribution is 5.75. The first kappa shape index (κ1) is 14.7. The van der Waals surface area contributed by atoms with Gasteiger partial charge in [-0.3, -0.25) is 4.79 Å². The lowest BCUT2D eigenvalue weighted by Gasteiger charge is -2.13. The molecule has 0 bridgehead atoms. The summed E-state index contributed by atoms with van der Waals surface area (Å²) in [5.74, 6) is -1.12. The van der Waals surface area contributed by atoms with Crippen LogP contribution in [0.4, 0.5) is 0 Å². The third-order valence-corrected chi connectivity index (χ3v) is 3.26. The van der Waals surface area contributed by atoms with Crippen LogP contribution in [0, 0.1) is 0 Å². The molecule has 1 aromatic rings. The van der Waals surface area contributed by atoms with Gasteiger partial charge in [0, 0.05) is 7.11 Å². The summed E-state index contributed by atoms with van der Waals surface area (Å²) >= 11 is 0. The van der Waals surface area contributed by atoms with Crippen LogP contribution in [0.2, 0.25) is 0 Å². The molecule has 3 heteroatoms. The molecule has 0 aliphatic carbocycles. The van der Waals surface area contributed by atoms with Crippen molar-refractivity contribution in [3.05, 3.63) is 35.9 Å². The smallest absolute Gasteiger partial charge is 0.310 e. The molecule has 1 N–H and O–H groups in total. The summed E-state index contributed by atoms with van der Waals surface area (Å²) in [6, 6.07) is 9.45. The van der Waals surface area contributed by atoms with E-state index >= 15 is 0 Å². The van der Waals surface area contributed by atoms with Crippen molar-refractivity contribution in [3.63, 3.8) is 0 Å². The molecule has 0 aliphatic rings.